The fourth-order valence-electron chi connectivity index (χ4n) is 2.14. The van der Waals surface area contributed by atoms with Gasteiger partial charge in [-0.2, -0.15) is 0 Å². The van der Waals surface area contributed by atoms with E-state index in [1.807, 2.05) is 49.4 Å². The summed E-state index contributed by atoms with van der Waals surface area (Å²) in [6, 6.07) is 17.1. The molecule has 0 aromatic heterocycles. The van der Waals surface area contributed by atoms with Gasteiger partial charge in [-0.3, -0.25) is 0 Å². The van der Waals surface area contributed by atoms with Gasteiger partial charge in [-0.15, -0.1) is 0 Å². The number of unbranched alkanes of at least 4 members (excludes halogenated alkanes) is 1. The first kappa shape index (κ1) is 19.3. The molecule has 128 valence electrons. The second-order valence-corrected chi connectivity index (χ2v) is 10.2. The van der Waals surface area contributed by atoms with E-state index in [0.29, 0.717) is 10.8 Å². The van der Waals surface area contributed by atoms with Crippen LogP contribution in [0.4, 0.5) is 0 Å². The Labute approximate surface area is 156 Å². The summed E-state index contributed by atoms with van der Waals surface area (Å²) in [5, 5.41) is 1.47. The summed E-state index contributed by atoms with van der Waals surface area (Å²) in [5.41, 5.74) is 1.05. The van der Waals surface area contributed by atoms with Gasteiger partial charge in [0.2, 0.25) is 0 Å². The van der Waals surface area contributed by atoms with Crippen LogP contribution in [0.25, 0.3) is 0 Å². The van der Waals surface area contributed by atoms with Crippen LogP contribution < -0.4 is 4.46 Å². The van der Waals surface area contributed by atoms with E-state index in [2.05, 4.69) is 0 Å². The number of sulfone groups is 1. The summed E-state index contributed by atoms with van der Waals surface area (Å²) in [6.07, 6.45) is 2.58. The summed E-state index contributed by atoms with van der Waals surface area (Å²) in [6.45, 7) is 1.95. The minimum atomic E-state index is -3.41. The molecule has 0 radical (unpaired) electrons. The average molecular weight is 428 g/mol. The predicted octanol–water partition coefficient (Wildman–Crippen LogP) is 4.05. The van der Waals surface area contributed by atoms with E-state index in [4.69, 9.17) is 11.6 Å². The Balaban J connectivity index is 2.26. The zero-order chi connectivity index (χ0) is 17.4. The number of hydrogen-bond acceptors (Lipinski definition) is 2. The van der Waals surface area contributed by atoms with Gasteiger partial charge in [0.15, 0.2) is 0 Å². The zero-order valence-corrected chi connectivity index (χ0v) is 16.9. The van der Waals surface area contributed by atoms with Crippen molar-refractivity contribution in [1.29, 1.82) is 0 Å². The first-order chi connectivity index (χ1) is 11.5. The first-order valence-corrected chi connectivity index (χ1v) is 11.6. The van der Waals surface area contributed by atoms with E-state index in [0.717, 1.165) is 29.3 Å². The number of halogens is 1. The summed E-state index contributed by atoms with van der Waals surface area (Å²) in [7, 11) is -3.41. The molecule has 2 rings (SSSR count). The number of alkyl halides is 1. The van der Waals surface area contributed by atoms with E-state index < -0.39 is 9.84 Å². The van der Waals surface area contributed by atoms with Crippen molar-refractivity contribution in [2.24, 2.45) is 0 Å². The quantitative estimate of drug-likeness (QED) is 0.362. The summed E-state index contributed by atoms with van der Waals surface area (Å²) < 4.78 is 27.5. The Morgan fingerprint density at radius 1 is 1.04 bits per heavy atom. The minimum absolute atomic E-state index is 0.00530. The summed E-state index contributed by atoms with van der Waals surface area (Å²) in [4.78, 5) is 0.354. The molecule has 0 N–H and O–H groups in total. The van der Waals surface area contributed by atoms with E-state index in [-0.39, 0.29) is 15.0 Å². The van der Waals surface area contributed by atoms with Crippen LogP contribution in [-0.2, 0) is 9.84 Å². The number of rotatable bonds is 8. The number of hydrogen-bond donors (Lipinski definition) is 0. The molecular formula is C19H21ClO2SSe. The number of benzene rings is 2. The Morgan fingerprint density at radius 3 is 2.33 bits per heavy atom. The molecule has 2 nitrogen and oxygen atoms in total. The van der Waals surface area contributed by atoms with Gasteiger partial charge in [-0.25, -0.2) is 0 Å². The van der Waals surface area contributed by atoms with E-state index in [1.165, 1.54) is 9.87 Å². The topological polar surface area (TPSA) is 34.1 Å². The van der Waals surface area contributed by atoms with Crippen LogP contribution in [0.3, 0.4) is 0 Å². The molecule has 0 saturated heterocycles. The number of allylic oxidation sites excluding steroid dienone is 1. The maximum absolute atomic E-state index is 12.7. The van der Waals surface area contributed by atoms with Crippen molar-refractivity contribution in [1.82, 2.24) is 0 Å². The zero-order valence-electron chi connectivity index (χ0n) is 13.6. The molecule has 0 aliphatic carbocycles. The van der Waals surface area contributed by atoms with Gasteiger partial charge in [0.1, 0.15) is 0 Å². The molecule has 0 saturated carbocycles. The third kappa shape index (κ3) is 6.10. The molecule has 2 aromatic carbocycles. The second kappa shape index (κ2) is 9.43. The normalized spacial score (nSPS) is 12.3. The van der Waals surface area contributed by atoms with Crippen molar-refractivity contribution in [2.45, 2.75) is 31.1 Å². The van der Waals surface area contributed by atoms with Crippen molar-refractivity contribution in [3.63, 3.8) is 0 Å². The standard InChI is InChI=1S/C19H21ClO2SSe/c1-16-10-12-17(13-11-16)23(21,22)15-19(9-5-6-14-20)24-18-7-3-2-4-8-18/h2-4,7-8,10-13,15H,5-6,9,14H2,1H3/b19-15+. The molecule has 0 fully saturated rings. The average Bonchev–Trinajstić information content (AvgIpc) is 2.56. The van der Waals surface area contributed by atoms with Crippen molar-refractivity contribution in [3.05, 3.63) is 70.0 Å². The van der Waals surface area contributed by atoms with Crippen LogP contribution in [0.2, 0.25) is 0 Å². The van der Waals surface area contributed by atoms with E-state index in [1.54, 1.807) is 12.1 Å². The molecule has 0 amide bonds. The van der Waals surface area contributed by atoms with Crippen molar-refractivity contribution < 1.29 is 8.42 Å². The van der Waals surface area contributed by atoms with Gasteiger partial charge < -0.3 is 0 Å². The molecule has 2 aromatic rings. The SMILES string of the molecule is Cc1ccc(S(=O)(=O)/C=C(\CCCCCl)[Se]c2ccccc2)cc1. The van der Waals surface area contributed by atoms with E-state index >= 15 is 0 Å². The van der Waals surface area contributed by atoms with Crippen molar-refractivity contribution in [2.75, 3.05) is 5.88 Å². The fourth-order valence-corrected chi connectivity index (χ4v) is 6.36. The van der Waals surface area contributed by atoms with Crippen LogP contribution in [0.5, 0.6) is 0 Å². The van der Waals surface area contributed by atoms with E-state index in [9.17, 15) is 8.42 Å². The van der Waals surface area contributed by atoms with Gasteiger partial charge in [0.05, 0.1) is 0 Å². The Kier molecular flexibility index (Phi) is 7.57. The Hall–Kier alpha value is -1.06. The summed E-state index contributed by atoms with van der Waals surface area (Å²) >= 11 is 5.76. The van der Waals surface area contributed by atoms with Gasteiger partial charge >= 0.3 is 156 Å². The van der Waals surface area contributed by atoms with Crippen LogP contribution >= 0.6 is 11.6 Å². The molecule has 0 spiro atoms. The molecule has 24 heavy (non-hydrogen) atoms. The van der Waals surface area contributed by atoms with Gasteiger partial charge in [0.25, 0.3) is 0 Å². The third-order valence-electron chi connectivity index (χ3n) is 3.44. The molecule has 0 aliphatic heterocycles. The fraction of sp³-hybridized carbons (Fsp3) is 0.263. The van der Waals surface area contributed by atoms with Crippen LogP contribution in [0, 0.1) is 6.92 Å². The van der Waals surface area contributed by atoms with Crippen LogP contribution in [0.15, 0.2) is 69.4 Å². The van der Waals surface area contributed by atoms with Crippen LogP contribution in [-0.4, -0.2) is 29.3 Å². The monoisotopic (exact) mass is 428 g/mol. The molecule has 0 heterocycles. The Bertz CT molecular complexity index is 769. The molecule has 0 unspecified atom stereocenters. The van der Waals surface area contributed by atoms with Crippen molar-refractivity contribution >= 4 is 40.9 Å². The van der Waals surface area contributed by atoms with Gasteiger partial charge in [-0.1, -0.05) is 0 Å². The molecular weight excluding hydrogens is 407 g/mol. The van der Waals surface area contributed by atoms with Gasteiger partial charge in [0, 0.05) is 0 Å². The van der Waals surface area contributed by atoms with Crippen molar-refractivity contribution in [3.8, 4) is 0 Å². The third-order valence-corrected chi connectivity index (χ3v) is 7.85. The second-order valence-electron chi connectivity index (χ2n) is 5.50. The number of aryl methyl sites for hydroxylation is 1. The Morgan fingerprint density at radius 2 is 1.71 bits per heavy atom. The molecule has 0 atom stereocenters. The first-order valence-electron chi connectivity index (χ1n) is 7.82. The van der Waals surface area contributed by atoms with Crippen LogP contribution in [0.1, 0.15) is 24.8 Å². The molecule has 5 heteroatoms. The van der Waals surface area contributed by atoms with Gasteiger partial charge in [-0.05, 0) is 0 Å². The molecule has 0 aliphatic rings. The predicted molar refractivity (Wildman–Crippen MR) is 103 cm³/mol. The summed E-state index contributed by atoms with van der Waals surface area (Å²) in [5.74, 6) is 0.607. The maximum atomic E-state index is 12.7. The molecule has 0 bridgehead atoms.